The van der Waals surface area contributed by atoms with E-state index in [2.05, 4.69) is 159 Å². The molecule has 0 bridgehead atoms. The van der Waals surface area contributed by atoms with Crippen molar-refractivity contribution in [1.29, 1.82) is 0 Å². The predicted octanol–water partition coefficient (Wildman–Crippen LogP) is 13.8. The predicted molar refractivity (Wildman–Crippen MR) is 253 cm³/mol. The first-order valence-electron chi connectivity index (χ1n) is 20.8. The zero-order valence-electron chi connectivity index (χ0n) is 33.7. The highest BCUT2D eigenvalue weighted by Gasteiger charge is 2.20. The second-order valence-electron chi connectivity index (χ2n) is 15.4. The van der Waals surface area contributed by atoms with Crippen LogP contribution in [0.1, 0.15) is 0 Å². The van der Waals surface area contributed by atoms with Crippen LogP contribution >= 0.6 is 0 Å². The molecule has 0 unspecified atom stereocenters. The molecule has 5 heterocycles. The molecule has 7 aromatic carbocycles. The van der Waals surface area contributed by atoms with E-state index < -0.39 is 0 Å². The minimum Gasteiger partial charge on any atom is -0.456 e. The summed E-state index contributed by atoms with van der Waals surface area (Å²) in [7, 11) is 0. The normalized spacial score (nSPS) is 11.5. The first kappa shape index (κ1) is 36.1. The summed E-state index contributed by atoms with van der Waals surface area (Å²) in [5, 5.41) is 4.39. The Hall–Kier alpha value is -8.75. The third-order valence-corrected chi connectivity index (χ3v) is 11.6. The maximum absolute atomic E-state index is 6.37. The van der Waals surface area contributed by atoms with E-state index >= 15 is 0 Å². The number of pyridine rings is 2. The van der Waals surface area contributed by atoms with Crippen molar-refractivity contribution in [3.05, 3.63) is 213 Å². The molecule has 0 saturated heterocycles. The van der Waals surface area contributed by atoms with Crippen LogP contribution in [0.25, 0.3) is 95.0 Å². The Morgan fingerprint density at radius 1 is 0.365 bits per heavy atom. The maximum atomic E-state index is 6.37. The SMILES string of the molecule is c1ccc(-c2ccc(N(c3ccc(-c4ccc5c(c4)c4ccccc4n5-c4nc(-c5ccccn5)nc(-c5ccccn5)n4)cc3)c3ccc4c(c3)oc3ccccc34)cc2)cc1. The summed E-state index contributed by atoms with van der Waals surface area (Å²) in [5.74, 6) is 1.44. The van der Waals surface area contributed by atoms with Crippen LogP contribution in [0.15, 0.2) is 217 Å². The molecule has 296 valence electrons. The molecule has 5 aromatic heterocycles. The molecule has 0 N–H and O–H groups in total. The Labute approximate surface area is 362 Å². The molecule has 0 saturated carbocycles. The summed E-state index contributed by atoms with van der Waals surface area (Å²) in [6.07, 6.45) is 3.49. The summed E-state index contributed by atoms with van der Waals surface area (Å²) < 4.78 is 8.48. The number of aromatic nitrogens is 6. The molecule has 12 aromatic rings. The van der Waals surface area contributed by atoms with Gasteiger partial charge in [0.2, 0.25) is 5.95 Å². The van der Waals surface area contributed by atoms with Gasteiger partial charge < -0.3 is 9.32 Å². The van der Waals surface area contributed by atoms with Crippen LogP contribution in [-0.4, -0.2) is 29.5 Å². The van der Waals surface area contributed by atoms with Gasteiger partial charge >= 0.3 is 0 Å². The summed E-state index contributed by atoms with van der Waals surface area (Å²) in [4.78, 5) is 26.3. The Morgan fingerprint density at radius 3 is 1.59 bits per heavy atom. The molecular weight excluding hydrogens is 775 g/mol. The summed E-state index contributed by atoms with van der Waals surface area (Å²) in [6, 6.07) is 69.1. The molecular formula is C55H35N7O. The smallest absolute Gasteiger partial charge is 0.238 e. The number of hydrogen-bond donors (Lipinski definition) is 0. The van der Waals surface area contributed by atoms with Crippen LogP contribution in [0, 0.1) is 0 Å². The van der Waals surface area contributed by atoms with E-state index in [4.69, 9.17) is 19.4 Å². The summed E-state index contributed by atoms with van der Waals surface area (Å²) in [5.41, 5.74) is 12.6. The first-order chi connectivity index (χ1) is 31.2. The van der Waals surface area contributed by atoms with Crippen molar-refractivity contribution in [3.63, 3.8) is 0 Å². The number of benzene rings is 7. The Morgan fingerprint density at radius 2 is 0.905 bits per heavy atom. The van der Waals surface area contributed by atoms with Gasteiger partial charge in [-0.3, -0.25) is 14.5 Å². The molecule has 0 amide bonds. The number of para-hydroxylation sites is 2. The summed E-state index contributed by atoms with van der Waals surface area (Å²) in [6.45, 7) is 0. The van der Waals surface area contributed by atoms with Gasteiger partial charge in [-0.05, 0) is 107 Å². The van der Waals surface area contributed by atoms with Crippen molar-refractivity contribution >= 4 is 60.8 Å². The molecule has 0 aliphatic heterocycles. The van der Waals surface area contributed by atoms with E-state index in [-0.39, 0.29) is 0 Å². The van der Waals surface area contributed by atoms with Crippen LogP contribution in [0.5, 0.6) is 0 Å². The van der Waals surface area contributed by atoms with E-state index in [1.165, 1.54) is 5.56 Å². The van der Waals surface area contributed by atoms with Crippen molar-refractivity contribution in [2.24, 2.45) is 0 Å². The first-order valence-corrected chi connectivity index (χ1v) is 20.8. The van der Waals surface area contributed by atoms with Crippen LogP contribution in [0.4, 0.5) is 17.1 Å². The molecule has 12 rings (SSSR count). The van der Waals surface area contributed by atoms with Gasteiger partial charge in [0.1, 0.15) is 22.6 Å². The monoisotopic (exact) mass is 809 g/mol. The van der Waals surface area contributed by atoms with E-state index in [9.17, 15) is 0 Å². The van der Waals surface area contributed by atoms with Gasteiger partial charge in [-0.25, -0.2) is 4.98 Å². The third kappa shape index (κ3) is 6.45. The fraction of sp³-hybridized carbons (Fsp3) is 0. The van der Waals surface area contributed by atoms with Crippen LogP contribution in [0.3, 0.4) is 0 Å². The Kier molecular flexibility index (Phi) is 8.64. The second-order valence-corrected chi connectivity index (χ2v) is 15.4. The standard InChI is InChI=1S/C55H35N7O/c1-2-12-36(13-3-1)37-20-25-40(26-21-37)61(42-29-30-45-44-15-5-7-19-51(44)63-52(45)35-42)41-27-22-38(23-28-41)39-24-31-50-46(34-39)43-14-4-6-18-49(43)62(50)55-59-53(47-16-8-10-32-56-47)58-54(60-55)48-17-9-11-33-57-48/h1-35H. The van der Waals surface area contributed by atoms with Gasteiger partial charge in [0.15, 0.2) is 11.6 Å². The number of rotatable bonds is 8. The van der Waals surface area contributed by atoms with E-state index in [1.807, 2.05) is 60.7 Å². The topological polar surface area (TPSA) is 85.8 Å². The highest BCUT2D eigenvalue weighted by Crippen LogP contribution is 2.41. The van der Waals surface area contributed by atoms with E-state index in [1.54, 1.807) is 12.4 Å². The Balaban J connectivity index is 0.954. The molecule has 0 aliphatic rings. The average Bonchev–Trinajstić information content (AvgIpc) is 3.90. The minimum absolute atomic E-state index is 0.475. The Bertz CT molecular complexity index is 3550. The summed E-state index contributed by atoms with van der Waals surface area (Å²) >= 11 is 0. The molecule has 0 atom stereocenters. The van der Waals surface area contributed by atoms with E-state index in [0.29, 0.717) is 29.0 Å². The average molecular weight is 810 g/mol. The third-order valence-electron chi connectivity index (χ3n) is 11.6. The number of nitrogens with zero attached hydrogens (tertiary/aromatic N) is 7. The number of hydrogen-bond acceptors (Lipinski definition) is 7. The minimum atomic E-state index is 0.475. The lowest BCUT2D eigenvalue weighted by Crippen LogP contribution is -2.09. The molecule has 0 fully saturated rings. The zero-order valence-corrected chi connectivity index (χ0v) is 33.7. The fourth-order valence-electron chi connectivity index (χ4n) is 8.59. The molecule has 0 aliphatic carbocycles. The quantitative estimate of drug-likeness (QED) is 0.151. The molecule has 8 nitrogen and oxygen atoms in total. The van der Waals surface area contributed by atoms with Gasteiger partial charge in [-0.1, -0.05) is 109 Å². The van der Waals surface area contributed by atoms with Crippen LogP contribution in [-0.2, 0) is 0 Å². The number of anilines is 3. The van der Waals surface area contributed by atoms with Crippen LogP contribution < -0.4 is 4.90 Å². The highest BCUT2D eigenvalue weighted by atomic mass is 16.3. The number of fused-ring (bicyclic) bond motifs is 6. The lowest BCUT2D eigenvalue weighted by atomic mass is 10.0. The van der Waals surface area contributed by atoms with Gasteiger partial charge in [0.25, 0.3) is 0 Å². The molecule has 0 radical (unpaired) electrons. The molecule has 8 heteroatoms. The van der Waals surface area contributed by atoms with Crippen molar-refractivity contribution in [2.75, 3.05) is 4.90 Å². The second kappa shape index (κ2) is 15.1. The zero-order chi connectivity index (χ0) is 41.7. The number of furan rings is 1. The molecule has 63 heavy (non-hydrogen) atoms. The van der Waals surface area contributed by atoms with Gasteiger partial charge in [-0.2, -0.15) is 9.97 Å². The van der Waals surface area contributed by atoms with Gasteiger partial charge in [0, 0.05) is 57.1 Å². The van der Waals surface area contributed by atoms with Crippen molar-refractivity contribution in [2.45, 2.75) is 0 Å². The molecule has 0 spiro atoms. The van der Waals surface area contributed by atoms with Crippen LogP contribution in [0.2, 0.25) is 0 Å². The van der Waals surface area contributed by atoms with Gasteiger partial charge in [-0.15, -0.1) is 0 Å². The van der Waals surface area contributed by atoms with Crippen molar-refractivity contribution < 1.29 is 4.42 Å². The van der Waals surface area contributed by atoms with Crippen molar-refractivity contribution in [3.8, 4) is 51.2 Å². The highest BCUT2D eigenvalue weighted by molar-refractivity contribution is 6.10. The largest absolute Gasteiger partial charge is 0.456 e. The lowest BCUT2D eigenvalue weighted by Gasteiger charge is -2.26. The lowest BCUT2D eigenvalue weighted by molar-refractivity contribution is 0.669. The van der Waals surface area contributed by atoms with Gasteiger partial charge in [0.05, 0.1) is 11.0 Å². The fourth-order valence-corrected chi connectivity index (χ4v) is 8.59. The van der Waals surface area contributed by atoms with Crippen molar-refractivity contribution in [1.82, 2.24) is 29.5 Å². The maximum Gasteiger partial charge on any atom is 0.238 e. The van der Waals surface area contributed by atoms with E-state index in [0.717, 1.165) is 77.5 Å².